The minimum Gasteiger partial charge on any atom is -1.00 e. The molecular formula is C17H15NaO3S. The van der Waals surface area contributed by atoms with Crippen LogP contribution < -0.4 is 29.6 Å². The molecule has 0 aliphatic heterocycles. The summed E-state index contributed by atoms with van der Waals surface area (Å²) in [5.41, 5.74) is 0.821. The summed E-state index contributed by atoms with van der Waals surface area (Å²) in [7, 11) is -3.79. The van der Waals surface area contributed by atoms with Gasteiger partial charge in [-0.05, 0) is 17.0 Å². The summed E-state index contributed by atoms with van der Waals surface area (Å²) in [5, 5.41) is 1.55. The second kappa shape index (κ2) is 7.40. The van der Waals surface area contributed by atoms with Gasteiger partial charge in [-0.3, -0.25) is 4.18 Å². The fraction of sp³-hybridized carbons (Fsp3) is 0.0588. The summed E-state index contributed by atoms with van der Waals surface area (Å²) in [6.45, 7) is 0.0341. The van der Waals surface area contributed by atoms with E-state index in [0.29, 0.717) is 5.39 Å². The molecule has 0 fully saturated rings. The molecule has 108 valence electrons. The van der Waals surface area contributed by atoms with Crippen LogP contribution >= 0.6 is 0 Å². The Kier molecular flexibility index (Phi) is 5.78. The van der Waals surface area contributed by atoms with Crippen molar-refractivity contribution in [2.45, 2.75) is 11.5 Å². The van der Waals surface area contributed by atoms with E-state index >= 15 is 0 Å². The minimum absolute atomic E-state index is 0. The minimum atomic E-state index is -3.79. The van der Waals surface area contributed by atoms with E-state index in [1.54, 1.807) is 18.2 Å². The van der Waals surface area contributed by atoms with E-state index < -0.39 is 10.1 Å². The Balaban J connectivity index is 0.00000132. The normalized spacial score (nSPS) is 11.1. The van der Waals surface area contributed by atoms with Crippen molar-refractivity contribution in [3.8, 4) is 0 Å². The smallest absolute Gasteiger partial charge is 1.00 e. The van der Waals surface area contributed by atoms with E-state index in [9.17, 15) is 8.42 Å². The Morgan fingerprint density at radius 3 is 2.23 bits per heavy atom. The number of rotatable bonds is 4. The molecule has 3 rings (SSSR count). The zero-order valence-corrected chi connectivity index (χ0v) is 15.1. The van der Waals surface area contributed by atoms with Gasteiger partial charge in [0, 0.05) is 5.39 Å². The van der Waals surface area contributed by atoms with Gasteiger partial charge < -0.3 is 1.43 Å². The first-order valence-corrected chi connectivity index (χ1v) is 7.99. The number of fused-ring (bicyclic) bond motifs is 1. The van der Waals surface area contributed by atoms with Crippen molar-refractivity contribution < 1.29 is 43.6 Å². The number of benzene rings is 3. The molecule has 22 heavy (non-hydrogen) atoms. The van der Waals surface area contributed by atoms with Crippen LogP contribution in [0.15, 0.2) is 77.7 Å². The SMILES string of the molecule is O=S(=O)(OCc1ccccc1)c1cccc2ccccc12.[H-].[Na+]. The van der Waals surface area contributed by atoms with Gasteiger partial charge in [0.05, 0.1) is 6.61 Å². The van der Waals surface area contributed by atoms with Gasteiger partial charge in [-0.15, -0.1) is 0 Å². The Bertz CT molecular complexity index is 862. The van der Waals surface area contributed by atoms with Gasteiger partial charge in [0.25, 0.3) is 10.1 Å². The van der Waals surface area contributed by atoms with Crippen molar-refractivity contribution in [1.29, 1.82) is 0 Å². The van der Waals surface area contributed by atoms with Gasteiger partial charge in [-0.25, -0.2) is 0 Å². The van der Waals surface area contributed by atoms with Gasteiger partial charge >= 0.3 is 29.6 Å². The molecule has 0 atom stereocenters. The van der Waals surface area contributed by atoms with Crippen molar-refractivity contribution in [2.24, 2.45) is 0 Å². The molecule has 0 aliphatic rings. The van der Waals surface area contributed by atoms with E-state index in [4.69, 9.17) is 4.18 Å². The molecule has 0 saturated heterocycles. The fourth-order valence-electron chi connectivity index (χ4n) is 2.20. The van der Waals surface area contributed by atoms with Gasteiger partial charge in [-0.2, -0.15) is 8.42 Å². The van der Waals surface area contributed by atoms with Crippen LogP contribution in [0.5, 0.6) is 0 Å². The molecule has 3 nitrogen and oxygen atoms in total. The average molecular weight is 322 g/mol. The van der Waals surface area contributed by atoms with Crippen LogP contribution in [0.2, 0.25) is 0 Å². The predicted molar refractivity (Wildman–Crippen MR) is 83.5 cm³/mol. The van der Waals surface area contributed by atoms with Gasteiger partial charge in [0.1, 0.15) is 4.90 Å². The first-order valence-electron chi connectivity index (χ1n) is 6.58. The topological polar surface area (TPSA) is 43.4 Å². The second-order valence-corrected chi connectivity index (χ2v) is 6.26. The molecule has 0 aromatic heterocycles. The van der Waals surface area contributed by atoms with Crippen molar-refractivity contribution in [3.63, 3.8) is 0 Å². The Hall–Kier alpha value is -1.17. The molecular weight excluding hydrogens is 307 g/mol. The molecule has 0 radical (unpaired) electrons. The summed E-state index contributed by atoms with van der Waals surface area (Å²) < 4.78 is 30.0. The first kappa shape index (κ1) is 17.2. The number of hydrogen-bond donors (Lipinski definition) is 0. The van der Waals surface area contributed by atoms with Crippen molar-refractivity contribution in [2.75, 3.05) is 0 Å². The predicted octanol–water partition coefficient (Wildman–Crippen LogP) is 0.862. The van der Waals surface area contributed by atoms with Crippen LogP contribution in [-0.4, -0.2) is 8.42 Å². The van der Waals surface area contributed by atoms with Crippen LogP contribution in [0.3, 0.4) is 0 Å². The molecule has 3 aromatic carbocycles. The second-order valence-electron chi connectivity index (χ2n) is 4.68. The Labute approximate surface area is 153 Å². The van der Waals surface area contributed by atoms with Crippen molar-refractivity contribution in [1.82, 2.24) is 0 Å². The number of hydrogen-bond acceptors (Lipinski definition) is 3. The largest absolute Gasteiger partial charge is 1.00 e. The van der Waals surface area contributed by atoms with Crippen LogP contribution in [0.25, 0.3) is 10.8 Å². The Morgan fingerprint density at radius 1 is 0.818 bits per heavy atom. The van der Waals surface area contributed by atoms with E-state index in [2.05, 4.69) is 0 Å². The molecule has 3 aromatic rings. The standard InChI is InChI=1S/C17H14O3S.Na.H/c18-21(19,20-13-14-7-2-1-3-8-14)17-12-6-10-15-9-4-5-11-16(15)17;;/h1-12H,13H2;;/q;+1;-1. The van der Waals surface area contributed by atoms with E-state index in [-0.39, 0.29) is 42.5 Å². The van der Waals surface area contributed by atoms with Crippen LogP contribution in [0.1, 0.15) is 6.99 Å². The first-order chi connectivity index (χ1) is 10.2. The molecule has 5 heteroatoms. The van der Waals surface area contributed by atoms with Gasteiger partial charge in [-0.1, -0.05) is 66.7 Å². The summed E-state index contributed by atoms with van der Waals surface area (Å²) in [6, 6.07) is 21.8. The van der Waals surface area contributed by atoms with Crippen LogP contribution in [-0.2, 0) is 20.9 Å². The van der Waals surface area contributed by atoms with Gasteiger partial charge in [0.15, 0.2) is 0 Å². The maximum absolute atomic E-state index is 12.4. The van der Waals surface area contributed by atoms with Crippen molar-refractivity contribution >= 4 is 20.9 Å². The molecule has 0 saturated carbocycles. The monoisotopic (exact) mass is 322 g/mol. The average Bonchev–Trinajstić information content (AvgIpc) is 2.53. The third-order valence-electron chi connectivity index (χ3n) is 3.24. The van der Waals surface area contributed by atoms with E-state index in [1.807, 2.05) is 54.6 Å². The van der Waals surface area contributed by atoms with Crippen molar-refractivity contribution in [3.05, 3.63) is 78.4 Å². The van der Waals surface area contributed by atoms with E-state index in [0.717, 1.165) is 10.9 Å². The molecule has 0 amide bonds. The summed E-state index contributed by atoms with van der Waals surface area (Å²) in [6.07, 6.45) is 0. The molecule has 0 aliphatic carbocycles. The quantitative estimate of drug-likeness (QED) is 0.529. The third kappa shape index (κ3) is 3.77. The molecule has 0 N–H and O–H groups in total. The van der Waals surface area contributed by atoms with E-state index in [1.165, 1.54) is 0 Å². The molecule has 0 unspecified atom stereocenters. The van der Waals surface area contributed by atoms with Gasteiger partial charge in [0.2, 0.25) is 0 Å². The summed E-state index contributed by atoms with van der Waals surface area (Å²) >= 11 is 0. The maximum atomic E-state index is 12.4. The zero-order chi connectivity index (χ0) is 14.7. The zero-order valence-electron chi connectivity index (χ0n) is 13.3. The fourth-order valence-corrected chi connectivity index (χ4v) is 3.32. The summed E-state index contributed by atoms with van der Waals surface area (Å²) in [5.74, 6) is 0. The molecule has 0 spiro atoms. The van der Waals surface area contributed by atoms with Crippen LogP contribution in [0.4, 0.5) is 0 Å². The maximum Gasteiger partial charge on any atom is 1.00 e. The third-order valence-corrected chi connectivity index (χ3v) is 4.57. The molecule has 0 bridgehead atoms. The van der Waals surface area contributed by atoms with Crippen LogP contribution in [0, 0.1) is 0 Å². The molecule has 0 heterocycles. The summed E-state index contributed by atoms with van der Waals surface area (Å²) in [4.78, 5) is 0.205. The Morgan fingerprint density at radius 2 is 1.45 bits per heavy atom.